The predicted molar refractivity (Wildman–Crippen MR) is 64.1 cm³/mol. The molecule has 88 valence electrons. The molecule has 1 rings (SSSR count). The van der Waals surface area contributed by atoms with Crippen LogP contribution >= 0.6 is 11.6 Å². The highest BCUT2D eigenvalue weighted by Gasteiger charge is 2.02. The first kappa shape index (κ1) is 13.0. The third-order valence-electron chi connectivity index (χ3n) is 1.87. The van der Waals surface area contributed by atoms with Crippen LogP contribution < -0.4 is 4.72 Å². The zero-order valence-electron chi connectivity index (χ0n) is 8.73. The van der Waals surface area contributed by atoms with E-state index in [1.54, 1.807) is 24.3 Å². The molecule has 0 aromatic heterocycles. The highest BCUT2D eigenvalue weighted by Crippen LogP contribution is 2.12. The van der Waals surface area contributed by atoms with E-state index >= 15 is 0 Å². The van der Waals surface area contributed by atoms with Crippen molar-refractivity contribution in [3.05, 3.63) is 29.8 Å². The number of carbonyl (C=O) groups excluding carboxylic acids is 1. The minimum atomic E-state index is -3.24. The number of benzene rings is 1. The van der Waals surface area contributed by atoms with Crippen LogP contribution in [0.5, 0.6) is 0 Å². The van der Waals surface area contributed by atoms with Crippen LogP contribution in [0.4, 0.5) is 5.69 Å². The summed E-state index contributed by atoms with van der Waals surface area (Å²) in [6.45, 7) is 0. The van der Waals surface area contributed by atoms with Crippen LogP contribution in [0, 0.1) is 0 Å². The van der Waals surface area contributed by atoms with Crippen LogP contribution in [-0.2, 0) is 21.2 Å². The topological polar surface area (TPSA) is 63.2 Å². The van der Waals surface area contributed by atoms with E-state index in [1.807, 2.05) is 0 Å². The summed E-state index contributed by atoms with van der Waals surface area (Å²) in [5.41, 5.74) is 1.44. The maximum atomic E-state index is 10.9. The van der Waals surface area contributed by atoms with Crippen LogP contribution in [-0.4, -0.2) is 19.9 Å². The molecule has 0 spiro atoms. The van der Waals surface area contributed by atoms with E-state index in [4.69, 9.17) is 11.6 Å². The number of carbonyl (C=O) groups is 1. The quantitative estimate of drug-likeness (QED) is 0.822. The second-order valence-electron chi connectivity index (χ2n) is 3.43. The zero-order valence-corrected chi connectivity index (χ0v) is 10.3. The van der Waals surface area contributed by atoms with Crippen molar-refractivity contribution in [3.63, 3.8) is 0 Å². The van der Waals surface area contributed by atoms with Crippen molar-refractivity contribution in [1.82, 2.24) is 0 Å². The molecule has 0 saturated heterocycles. The van der Waals surface area contributed by atoms with E-state index in [-0.39, 0.29) is 11.7 Å². The Morgan fingerprint density at radius 2 is 1.88 bits per heavy atom. The normalized spacial score (nSPS) is 11.1. The molecule has 0 fully saturated rings. The summed E-state index contributed by atoms with van der Waals surface area (Å²) in [7, 11) is -3.24. The molecule has 0 saturated carbocycles. The minimum absolute atomic E-state index is 0.278. The van der Waals surface area contributed by atoms with Gasteiger partial charge < -0.3 is 0 Å². The fraction of sp³-hybridized carbons (Fsp3) is 0.300. The molecular weight excluding hydrogens is 250 g/mol. The SMILES string of the molecule is CS(=O)(=O)Nc1ccc(CCC(=O)Cl)cc1. The lowest BCUT2D eigenvalue weighted by atomic mass is 10.1. The van der Waals surface area contributed by atoms with E-state index in [0.717, 1.165) is 11.8 Å². The molecule has 0 aliphatic rings. The average molecular weight is 262 g/mol. The van der Waals surface area contributed by atoms with Crippen molar-refractivity contribution in [3.8, 4) is 0 Å². The summed E-state index contributed by atoms with van der Waals surface area (Å²) in [5.74, 6) is 0. The van der Waals surface area contributed by atoms with Gasteiger partial charge in [0, 0.05) is 12.1 Å². The summed E-state index contributed by atoms with van der Waals surface area (Å²) in [6, 6.07) is 6.81. The Labute approximate surface area is 99.7 Å². The minimum Gasteiger partial charge on any atom is -0.284 e. The van der Waals surface area contributed by atoms with Crippen molar-refractivity contribution in [2.75, 3.05) is 11.0 Å². The third-order valence-corrected chi connectivity index (χ3v) is 2.66. The van der Waals surface area contributed by atoms with Gasteiger partial charge in [-0.25, -0.2) is 8.42 Å². The van der Waals surface area contributed by atoms with Gasteiger partial charge in [-0.3, -0.25) is 9.52 Å². The number of sulfonamides is 1. The number of nitrogens with one attached hydrogen (secondary N) is 1. The molecule has 0 radical (unpaired) electrons. The van der Waals surface area contributed by atoms with Crippen LogP contribution in [0.2, 0.25) is 0 Å². The van der Waals surface area contributed by atoms with Crippen LogP contribution in [0.3, 0.4) is 0 Å². The Balaban J connectivity index is 2.64. The number of aryl methyl sites for hydroxylation is 1. The van der Waals surface area contributed by atoms with E-state index in [9.17, 15) is 13.2 Å². The van der Waals surface area contributed by atoms with E-state index < -0.39 is 10.0 Å². The molecule has 16 heavy (non-hydrogen) atoms. The first-order valence-corrected chi connectivity index (χ1v) is 6.89. The molecule has 0 aliphatic heterocycles. The van der Waals surface area contributed by atoms with Gasteiger partial charge in [-0.1, -0.05) is 12.1 Å². The van der Waals surface area contributed by atoms with Crippen LogP contribution in [0.1, 0.15) is 12.0 Å². The second kappa shape index (κ2) is 5.32. The maximum Gasteiger partial charge on any atom is 0.229 e. The largest absolute Gasteiger partial charge is 0.284 e. The van der Waals surface area contributed by atoms with Gasteiger partial charge in [0.15, 0.2) is 0 Å². The number of anilines is 1. The Morgan fingerprint density at radius 1 is 1.31 bits per heavy atom. The van der Waals surface area contributed by atoms with Crippen molar-refractivity contribution < 1.29 is 13.2 Å². The van der Waals surface area contributed by atoms with Gasteiger partial charge in [0.2, 0.25) is 15.3 Å². The maximum absolute atomic E-state index is 10.9. The molecule has 1 aromatic rings. The molecule has 1 aromatic carbocycles. The number of hydrogen-bond donors (Lipinski definition) is 1. The number of hydrogen-bond acceptors (Lipinski definition) is 3. The second-order valence-corrected chi connectivity index (χ2v) is 5.60. The monoisotopic (exact) mass is 261 g/mol. The first-order chi connectivity index (χ1) is 7.37. The van der Waals surface area contributed by atoms with E-state index in [1.165, 1.54) is 0 Å². The number of rotatable bonds is 5. The summed E-state index contributed by atoms with van der Waals surface area (Å²) >= 11 is 5.22. The highest BCUT2D eigenvalue weighted by atomic mass is 35.5. The smallest absolute Gasteiger partial charge is 0.229 e. The van der Waals surface area contributed by atoms with Gasteiger partial charge in [0.1, 0.15) is 0 Å². The lowest BCUT2D eigenvalue weighted by Gasteiger charge is -2.04. The predicted octanol–water partition coefficient (Wildman–Crippen LogP) is 1.76. The van der Waals surface area contributed by atoms with Gasteiger partial charge in [-0.15, -0.1) is 0 Å². The Morgan fingerprint density at radius 3 is 2.31 bits per heavy atom. The molecule has 0 heterocycles. The molecule has 6 heteroatoms. The Hall–Kier alpha value is -1.07. The molecule has 0 bridgehead atoms. The lowest BCUT2D eigenvalue weighted by molar-refractivity contribution is -0.111. The van der Waals surface area contributed by atoms with Crippen LogP contribution in [0.15, 0.2) is 24.3 Å². The molecule has 0 unspecified atom stereocenters. The Kier molecular flexibility index (Phi) is 4.32. The highest BCUT2D eigenvalue weighted by molar-refractivity contribution is 7.92. The van der Waals surface area contributed by atoms with E-state index in [2.05, 4.69) is 4.72 Å². The van der Waals surface area contributed by atoms with Gasteiger partial charge in [-0.2, -0.15) is 0 Å². The van der Waals surface area contributed by atoms with Crippen LogP contribution in [0.25, 0.3) is 0 Å². The first-order valence-electron chi connectivity index (χ1n) is 4.62. The lowest BCUT2D eigenvalue weighted by Crippen LogP contribution is -2.09. The third kappa shape index (κ3) is 5.14. The number of halogens is 1. The molecule has 4 nitrogen and oxygen atoms in total. The molecule has 0 amide bonds. The molecular formula is C10H12ClNO3S. The van der Waals surface area contributed by atoms with Gasteiger partial charge in [0.25, 0.3) is 0 Å². The molecule has 0 atom stereocenters. The molecule has 1 N–H and O–H groups in total. The summed E-state index contributed by atoms with van der Waals surface area (Å²) < 4.78 is 24.2. The summed E-state index contributed by atoms with van der Waals surface area (Å²) in [5, 5.41) is -0.377. The van der Waals surface area contributed by atoms with E-state index in [0.29, 0.717) is 12.1 Å². The Bertz CT molecular complexity index is 467. The van der Waals surface area contributed by atoms with Crippen molar-refractivity contribution in [1.29, 1.82) is 0 Å². The summed E-state index contributed by atoms with van der Waals surface area (Å²) in [6.07, 6.45) is 1.93. The van der Waals surface area contributed by atoms with Gasteiger partial charge >= 0.3 is 0 Å². The summed E-state index contributed by atoms with van der Waals surface area (Å²) in [4.78, 5) is 10.5. The fourth-order valence-corrected chi connectivity index (χ4v) is 1.85. The standard InChI is InChI=1S/C10H12ClNO3S/c1-16(14,15)12-9-5-2-8(3-6-9)4-7-10(11)13/h2-3,5-6,12H,4,7H2,1H3. The van der Waals surface area contributed by atoms with Gasteiger partial charge in [0.05, 0.1) is 6.26 Å². The van der Waals surface area contributed by atoms with Crippen molar-refractivity contribution in [2.24, 2.45) is 0 Å². The molecule has 0 aliphatic carbocycles. The average Bonchev–Trinajstić information content (AvgIpc) is 2.14. The zero-order chi connectivity index (χ0) is 12.2. The van der Waals surface area contributed by atoms with Gasteiger partial charge in [-0.05, 0) is 35.7 Å². The fourth-order valence-electron chi connectivity index (χ4n) is 1.20. The van der Waals surface area contributed by atoms with Crippen molar-refractivity contribution >= 4 is 32.6 Å². The van der Waals surface area contributed by atoms with Crippen molar-refractivity contribution in [2.45, 2.75) is 12.8 Å².